The standard InChI is InChI=1S/C15H25N3O/c1-13(2)11-17-15(19)16-9-10-18(3)12-14-7-5-4-6-8-14/h4-8,13H,9-12H2,1-3H3,(H2,16,17,19). The summed E-state index contributed by atoms with van der Waals surface area (Å²) in [5.74, 6) is 0.478. The monoisotopic (exact) mass is 263 g/mol. The molecule has 0 spiro atoms. The third-order valence-electron chi connectivity index (χ3n) is 2.75. The molecule has 1 aromatic rings. The summed E-state index contributed by atoms with van der Waals surface area (Å²) in [4.78, 5) is 13.6. The van der Waals surface area contributed by atoms with Gasteiger partial charge in [0, 0.05) is 26.2 Å². The zero-order chi connectivity index (χ0) is 14.1. The van der Waals surface area contributed by atoms with Gasteiger partial charge in [0.25, 0.3) is 0 Å². The molecule has 0 atom stereocenters. The molecule has 0 aromatic heterocycles. The van der Waals surface area contributed by atoms with Crippen molar-refractivity contribution < 1.29 is 4.79 Å². The second kappa shape index (κ2) is 8.53. The average molecular weight is 263 g/mol. The van der Waals surface area contributed by atoms with Crippen LogP contribution in [0.1, 0.15) is 19.4 Å². The van der Waals surface area contributed by atoms with Gasteiger partial charge in [-0.1, -0.05) is 44.2 Å². The molecule has 0 aliphatic carbocycles. The fourth-order valence-electron chi connectivity index (χ4n) is 1.69. The van der Waals surface area contributed by atoms with Gasteiger partial charge in [-0.05, 0) is 18.5 Å². The Bertz CT molecular complexity index is 365. The first-order valence-electron chi connectivity index (χ1n) is 6.82. The number of rotatable bonds is 7. The Labute approximate surface area is 116 Å². The molecular weight excluding hydrogens is 238 g/mol. The zero-order valence-electron chi connectivity index (χ0n) is 12.1. The molecule has 0 saturated carbocycles. The van der Waals surface area contributed by atoms with E-state index >= 15 is 0 Å². The zero-order valence-corrected chi connectivity index (χ0v) is 12.1. The van der Waals surface area contributed by atoms with Gasteiger partial charge in [0.2, 0.25) is 0 Å². The van der Waals surface area contributed by atoms with Crippen LogP contribution in [0.4, 0.5) is 4.79 Å². The summed E-state index contributed by atoms with van der Waals surface area (Å²) in [7, 11) is 2.06. The lowest BCUT2D eigenvalue weighted by Gasteiger charge is -2.17. The van der Waals surface area contributed by atoms with E-state index in [0.717, 1.165) is 13.1 Å². The Morgan fingerprint density at radius 1 is 1.21 bits per heavy atom. The van der Waals surface area contributed by atoms with Gasteiger partial charge in [0.15, 0.2) is 0 Å². The fraction of sp³-hybridized carbons (Fsp3) is 0.533. The minimum absolute atomic E-state index is 0.0817. The summed E-state index contributed by atoms with van der Waals surface area (Å²) in [5.41, 5.74) is 1.29. The van der Waals surface area contributed by atoms with Crippen LogP contribution < -0.4 is 10.6 Å². The lowest BCUT2D eigenvalue weighted by Crippen LogP contribution is -2.40. The Hall–Kier alpha value is -1.55. The Morgan fingerprint density at radius 2 is 1.89 bits per heavy atom. The number of urea groups is 1. The first kappa shape index (κ1) is 15.5. The van der Waals surface area contributed by atoms with Crippen molar-refractivity contribution in [1.29, 1.82) is 0 Å². The molecule has 4 heteroatoms. The molecule has 0 radical (unpaired) electrons. The molecule has 2 amide bonds. The van der Waals surface area contributed by atoms with E-state index in [0.29, 0.717) is 19.0 Å². The van der Waals surface area contributed by atoms with E-state index < -0.39 is 0 Å². The number of nitrogens with one attached hydrogen (secondary N) is 2. The molecule has 0 aliphatic rings. The smallest absolute Gasteiger partial charge is 0.314 e. The maximum absolute atomic E-state index is 11.4. The van der Waals surface area contributed by atoms with Crippen LogP contribution in [0.3, 0.4) is 0 Å². The van der Waals surface area contributed by atoms with Gasteiger partial charge in [-0.15, -0.1) is 0 Å². The first-order chi connectivity index (χ1) is 9.08. The van der Waals surface area contributed by atoms with Gasteiger partial charge in [-0.25, -0.2) is 4.79 Å². The molecule has 0 heterocycles. The highest BCUT2D eigenvalue weighted by atomic mass is 16.2. The summed E-state index contributed by atoms with van der Waals surface area (Å²) < 4.78 is 0. The number of benzene rings is 1. The van der Waals surface area contributed by atoms with E-state index in [1.807, 2.05) is 18.2 Å². The van der Waals surface area contributed by atoms with Gasteiger partial charge in [-0.3, -0.25) is 0 Å². The third-order valence-corrected chi connectivity index (χ3v) is 2.75. The molecular formula is C15H25N3O. The Kier molecular flexibility index (Phi) is 6.97. The Balaban J connectivity index is 2.13. The van der Waals surface area contributed by atoms with E-state index in [9.17, 15) is 4.79 Å². The normalized spacial score (nSPS) is 10.8. The van der Waals surface area contributed by atoms with Crippen molar-refractivity contribution in [3.8, 4) is 0 Å². The number of carbonyl (C=O) groups excluding carboxylic acids is 1. The van der Waals surface area contributed by atoms with Gasteiger partial charge in [0.05, 0.1) is 0 Å². The summed E-state index contributed by atoms with van der Waals surface area (Å²) in [6.07, 6.45) is 0. The summed E-state index contributed by atoms with van der Waals surface area (Å²) in [6.45, 7) is 7.26. The summed E-state index contributed by atoms with van der Waals surface area (Å²) in [5, 5.41) is 5.70. The quantitative estimate of drug-likeness (QED) is 0.791. The lowest BCUT2D eigenvalue weighted by atomic mass is 10.2. The molecule has 1 rings (SSSR count). The van der Waals surface area contributed by atoms with Crippen LogP contribution in [0.15, 0.2) is 30.3 Å². The molecule has 19 heavy (non-hydrogen) atoms. The first-order valence-corrected chi connectivity index (χ1v) is 6.82. The predicted molar refractivity (Wildman–Crippen MR) is 79.0 cm³/mol. The van der Waals surface area contributed by atoms with Gasteiger partial charge >= 0.3 is 6.03 Å². The SMILES string of the molecule is CC(C)CNC(=O)NCCN(C)Cc1ccccc1. The van der Waals surface area contributed by atoms with Crippen molar-refractivity contribution in [2.75, 3.05) is 26.7 Å². The van der Waals surface area contributed by atoms with E-state index in [-0.39, 0.29) is 6.03 Å². The van der Waals surface area contributed by atoms with Crippen LogP contribution in [-0.2, 0) is 6.54 Å². The highest BCUT2D eigenvalue weighted by Crippen LogP contribution is 2.01. The molecule has 0 unspecified atom stereocenters. The number of carbonyl (C=O) groups is 1. The molecule has 0 fully saturated rings. The number of hydrogen-bond donors (Lipinski definition) is 2. The average Bonchev–Trinajstić information content (AvgIpc) is 2.37. The van der Waals surface area contributed by atoms with E-state index in [1.54, 1.807) is 0 Å². The van der Waals surface area contributed by atoms with Crippen LogP contribution in [-0.4, -0.2) is 37.6 Å². The lowest BCUT2D eigenvalue weighted by molar-refractivity contribution is 0.236. The molecule has 106 valence electrons. The van der Waals surface area contributed by atoms with Crippen LogP contribution in [0.25, 0.3) is 0 Å². The molecule has 0 aliphatic heterocycles. The fourth-order valence-corrected chi connectivity index (χ4v) is 1.69. The van der Waals surface area contributed by atoms with Crippen LogP contribution in [0.2, 0.25) is 0 Å². The molecule has 2 N–H and O–H groups in total. The number of nitrogens with zero attached hydrogens (tertiary/aromatic N) is 1. The molecule has 0 saturated heterocycles. The third kappa shape index (κ3) is 7.47. The topological polar surface area (TPSA) is 44.4 Å². The van der Waals surface area contributed by atoms with Gasteiger partial charge in [0.1, 0.15) is 0 Å². The second-order valence-corrected chi connectivity index (χ2v) is 5.25. The van der Waals surface area contributed by atoms with Gasteiger partial charge < -0.3 is 15.5 Å². The van der Waals surface area contributed by atoms with Gasteiger partial charge in [-0.2, -0.15) is 0 Å². The number of amides is 2. The highest BCUT2D eigenvalue weighted by Gasteiger charge is 2.03. The minimum Gasteiger partial charge on any atom is -0.338 e. The summed E-state index contributed by atoms with van der Waals surface area (Å²) >= 11 is 0. The van der Waals surface area contributed by atoms with Crippen molar-refractivity contribution in [2.24, 2.45) is 5.92 Å². The van der Waals surface area contributed by atoms with Crippen molar-refractivity contribution in [2.45, 2.75) is 20.4 Å². The number of hydrogen-bond acceptors (Lipinski definition) is 2. The minimum atomic E-state index is -0.0817. The van der Waals surface area contributed by atoms with E-state index in [2.05, 4.69) is 48.6 Å². The second-order valence-electron chi connectivity index (χ2n) is 5.25. The van der Waals surface area contributed by atoms with Crippen LogP contribution >= 0.6 is 0 Å². The predicted octanol–water partition coefficient (Wildman–Crippen LogP) is 2.07. The highest BCUT2D eigenvalue weighted by molar-refractivity contribution is 5.73. The van der Waals surface area contributed by atoms with Crippen LogP contribution in [0, 0.1) is 5.92 Å². The van der Waals surface area contributed by atoms with E-state index in [4.69, 9.17) is 0 Å². The van der Waals surface area contributed by atoms with Crippen molar-refractivity contribution in [3.63, 3.8) is 0 Å². The maximum atomic E-state index is 11.4. The van der Waals surface area contributed by atoms with Crippen LogP contribution in [0.5, 0.6) is 0 Å². The van der Waals surface area contributed by atoms with E-state index in [1.165, 1.54) is 5.56 Å². The molecule has 0 bridgehead atoms. The number of likely N-dealkylation sites (N-methyl/N-ethyl adjacent to an activating group) is 1. The Morgan fingerprint density at radius 3 is 2.53 bits per heavy atom. The molecule has 1 aromatic carbocycles. The van der Waals surface area contributed by atoms with Crippen molar-refractivity contribution >= 4 is 6.03 Å². The van der Waals surface area contributed by atoms with Crippen molar-refractivity contribution in [1.82, 2.24) is 15.5 Å². The maximum Gasteiger partial charge on any atom is 0.314 e. The molecule has 4 nitrogen and oxygen atoms in total. The van der Waals surface area contributed by atoms with Crippen molar-refractivity contribution in [3.05, 3.63) is 35.9 Å². The summed E-state index contributed by atoms with van der Waals surface area (Å²) in [6, 6.07) is 10.2. The largest absolute Gasteiger partial charge is 0.338 e.